The summed E-state index contributed by atoms with van der Waals surface area (Å²) in [7, 11) is 0. The van der Waals surface area contributed by atoms with Crippen LogP contribution >= 0.6 is 0 Å². The van der Waals surface area contributed by atoms with Gasteiger partial charge in [-0.1, -0.05) is 13.8 Å². The normalized spacial score (nSPS) is 26.0. The van der Waals surface area contributed by atoms with E-state index < -0.39 is 0 Å². The molecule has 3 nitrogen and oxygen atoms in total. The van der Waals surface area contributed by atoms with Crippen molar-refractivity contribution in [1.29, 1.82) is 0 Å². The summed E-state index contributed by atoms with van der Waals surface area (Å²) >= 11 is 0. The second-order valence-corrected chi connectivity index (χ2v) is 4.03. The van der Waals surface area contributed by atoms with Crippen LogP contribution in [0.5, 0.6) is 0 Å². The minimum Gasteiger partial charge on any atom is -0.433 e. The fourth-order valence-electron chi connectivity index (χ4n) is 1.55. The molecule has 0 bridgehead atoms. The molecule has 0 saturated carbocycles. The first-order valence-corrected chi connectivity index (χ1v) is 4.37. The van der Waals surface area contributed by atoms with E-state index in [1.54, 1.807) is 0 Å². The molecule has 1 atom stereocenters. The topological polar surface area (TPSA) is 43.4 Å². The van der Waals surface area contributed by atoms with Crippen LogP contribution in [-0.4, -0.2) is 12.8 Å². The van der Waals surface area contributed by atoms with E-state index in [-0.39, 0.29) is 11.3 Å². The molecule has 0 aromatic heterocycles. The molecule has 1 aliphatic rings. The minimum absolute atomic E-state index is 0.0256. The molecular weight excluding hydrogens is 168 g/mol. The van der Waals surface area contributed by atoms with Crippen LogP contribution in [0.4, 0.5) is 0 Å². The molecule has 0 aliphatic heterocycles. The number of allylic oxidation sites excluding steroid dienone is 2. The largest absolute Gasteiger partial charge is 0.433 e. The lowest BCUT2D eigenvalue weighted by atomic mass is 9.78. The van der Waals surface area contributed by atoms with Gasteiger partial charge >= 0.3 is 0 Å². The monoisotopic (exact) mass is 182 g/mol. The van der Waals surface area contributed by atoms with Gasteiger partial charge in [0.2, 0.25) is 0 Å². The van der Waals surface area contributed by atoms with E-state index in [9.17, 15) is 9.59 Å². The van der Waals surface area contributed by atoms with Gasteiger partial charge in [-0.05, 0) is 24.3 Å². The zero-order chi connectivity index (χ0) is 9.90. The lowest BCUT2D eigenvalue weighted by Crippen LogP contribution is -2.22. The molecule has 1 aliphatic carbocycles. The molecule has 0 radical (unpaired) electrons. The summed E-state index contributed by atoms with van der Waals surface area (Å²) in [5.41, 5.74) is 0.0256. The average molecular weight is 182 g/mol. The Bertz CT molecular complexity index is 241. The van der Waals surface area contributed by atoms with Gasteiger partial charge in [-0.3, -0.25) is 4.79 Å². The molecule has 0 N–H and O–H groups in total. The molecule has 0 fully saturated rings. The zero-order valence-corrected chi connectivity index (χ0v) is 7.95. The number of carbonyl (C=O) groups is 2. The lowest BCUT2D eigenvalue weighted by Gasteiger charge is -2.29. The lowest BCUT2D eigenvalue weighted by molar-refractivity contribution is -0.126. The quantitative estimate of drug-likeness (QED) is 0.624. The van der Waals surface area contributed by atoms with E-state index in [1.807, 2.05) is 6.08 Å². The summed E-state index contributed by atoms with van der Waals surface area (Å²) in [4.78, 5) is 20.8. The molecule has 72 valence electrons. The Balaban J connectivity index is 2.85. The van der Waals surface area contributed by atoms with Gasteiger partial charge in [0.15, 0.2) is 0 Å². The van der Waals surface area contributed by atoms with Gasteiger partial charge in [0.25, 0.3) is 6.47 Å². The summed E-state index contributed by atoms with van der Waals surface area (Å²) in [5, 5.41) is 0. The highest BCUT2D eigenvalue weighted by Crippen LogP contribution is 2.35. The second-order valence-electron chi connectivity index (χ2n) is 4.03. The van der Waals surface area contributed by atoms with Gasteiger partial charge < -0.3 is 9.53 Å². The highest BCUT2D eigenvalue weighted by molar-refractivity contribution is 5.60. The van der Waals surface area contributed by atoms with Gasteiger partial charge in [0.1, 0.15) is 12.0 Å². The van der Waals surface area contributed by atoms with Gasteiger partial charge in [-0.15, -0.1) is 0 Å². The number of rotatable bonds is 3. The van der Waals surface area contributed by atoms with Crippen molar-refractivity contribution >= 4 is 12.8 Å². The molecular formula is C10H14O3. The average Bonchev–Trinajstić information content (AvgIpc) is 2.04. The number of ether oxygens (including phenoxy) is 1. The van der Waals surface area contributed by atoms with Crippen molar-refractivity contribution in [3.05, 3.63) is 11.8 Å². The summed E-state index contributed by atoms with van der Waals surface area (Å²) in [6.07, 6.45) is 4.41. The molecule has 13 heavy (non-hydrogen) atoms. The minimum atomic E-state index is -0.238. The van der Waals surface area contributed by atoms with Crippen molar-refractivity contribution in [3.63, 3.8) is 0 Å². The van der Waals surface area contributed by atoms with Crippen LogP contribution < -0.4 is 0 Å². The molecule has 3 heteroatoms. The van der Waals surface area contributed by atoms with Crippen molar-refractivity contribution in [2.75, 3.05) is 0 Å². The molecule has 1 rings (SSSR count). The first-order chi connectivity index (χ1) is 6.09. The number of hydrogen-bond donors (Lipinski definition) is 0. The summed E-state index contributed by atoms with van der Waals surface area (Å²) in [5.74, 6) is 0.263. The van der Waals surface area contributed by atoms with Gasteiger partial charge in [0, 0.05) is 0 Å². The first kappa shape index (κ1) is 9.96. The maximum Gasteiger partial charge on any atom is 0.298 e. The second kappa shape index (κ2) is 3.73. The molecule has 0 saturated heterocycles. The Hall–Kier alpha value is -1.12. The van der Waals surface area contributed by atoms with Gasteiger partial charge in [0.05, 0.1) is 5.92 Å². The third-order valence-electron chi connectivity index (χ3n) is 2.35. The van der Waals surface area contributed by atoms with Crippen LogP contribution in [0.2, 0.25) is 0 Å². The fourth-order valence-corrected chi connectivity index (χ4v) is 1.55. The third kappa shape index (κ3) is 2.41. The smallest absolute Gasteiger partial charge is 0.298 e. The highest BCUT2D eigenvalue weighted by Gasteiger charge is 2.28. The summed E-state index contributed by atoms with van der Waals surface area (Å²) < 4.78 is 4.77. The number of hydrogen-bond acceptors (Lipinski definition) is 3. The predicted octanol–water partition coefficient (Wildman–Crippen LogP) is 1.68. The first-order valence-electron chi connectivity index (χ1n) is 4.37. The fraction of sp³-hybridized carbons (Fsp3) is 0.600. The van der Waals surface area contributed by atoms with Crippen LogP contribution in [0, 0.1) is 11.3 Å². The van der Waals surface area contributed by atoms with E-state index in [0.29, 0.717) is 12.2 Å². The molecule has 0 spiro atoms. The van der Waals surface area contributed by atoms with E-state index in [4.69, 9.17) is 4.74 Å². The zero-order valence-electron chi connectivity index (χ0n) is 7.95. The molecule has 1 unspecified atom stereocenters. The van der Waals surface area contributed by atoms with Crippen LogP contribution in [0.15, 0.2) is 11.8 Å². The molecule has 0 amide bonds. The van der Waals surface area contributed by atoms with E-state index >= 15 is 0 Å². The summed E-state index contributed by atoms with van der Waals surface area (Å²) in [6, 6.07) is 0. The van der Waals surface area contributed by atoms with Gasteiger partial charge in [-0.2, -0.15) is 0 Å². The highest BCUT2D eigenvalue weighted by atomic mass is 16.5. The van der Waals surface area contributed by atoms with Crippen LogP contribution in [0.1, 0.15) is 26.7 Å². The standard InChI is InChI=1S/C10H14O3/c1-10(2)4-3-8(6-11)9(5-10)13-7-12/h5-8H,3-4H2,1-2H3. The Morgan fingerprint density at radius 1 is 1.54 bits per heavy atom. The maximum atomic E-state index is 10.6. The molecule has 0 aromatic rings. The third-order valence-corrected chi connectivity index (χ3v) is 2.35. The predicted molar refractivity (Wildman–Crippen MR) is 47.8 cm³/mol. The molecule has 0 aromatic carbocycles. The van der Waals surface area contributed by atoms with E-state index in [0.717, 1.165) is 19.1 Å². The Labute approximate surface area is 77.8 Å². The Kier molecular flexibility index (Phi) is 2.86. The van der Waals surface area contributed by atoms with Crippen molar-refractivity contribution in [2.24, 2.45) is 11.3 Å². The van der Waals surface area contributed by atoms with Crippen molar-refractivity contribution in [2.45, 2.75) is 26.7 Å². The summed E-state index contributed by atoms with van der Waals surface area (Å²) in [6.45, 7) is 4.49. The van der Waals surface area contributed by atoms with Gasteiger partial charge in [-0.25, -0.2) is 0 Å². The van der Waals surface area contributed by atoms with Crippen LogP contribution in [-0.2, 0) is 14.3 Å². The SMILES string of the molecule is CC1(C)C=C(OC=O)C(C=O)CC1. The van der Waals surface area contributed by atoms with Crippen LogP contribution in [0.25, 0.3) is 0 Å². The van der Waals surface area contributed by atoms with Crippen molar-refractivity contribution in [1.82, 2.24) is 0 Å². The van der Waals surface area contributed by atoms with Crippen molar-refractivity contribution < 1.29 is 14.3 Å². The number of aldehydes is 1. The number of carbonyl (C=O) groups excluding carboxylic acids is 2. The van der Waals surface area contributed by atoms with Crippen molar-refractivity contribution in [3.8, 4) is 0 Å². The Morgan fingerprint density at radius 2 is 2.23 bits per heavy atom. The maximum absolute atomic E-state index is 10.6. The van der Waals surface area contributed by atoms with Crippen LogP contribution in [0.3, 0.4) is 0 Å². The Morgan fingerprint density at radius 3 is 2.77 bits per heavy atom. The van der Waals surface area contributed by atoms with E-state index in [2.05, 4.69) is 13.8 Å². The van der Waals surface area contributed by atoms with E-state index in [1.165, 1.54) is 0 Å². The molecule has 0 heterocycles.